The Bertz CT molecular complexity index is 2720. The van der Waals surface area contributed by atoms with Crippen LogP contribution >= 0.6 is 34.8 Å². The van der Waals surface area contributed by atoms with Crippen LogP contribution in [0.15, 0.2) is 153 Å². The zero-order chi connectivity index (χ0) is 47.2. The van der Waals surface area contributed by atoms with E-state index in [4.69, 9.17) is 40.5 Å². The number of nitrogen functional groups attached to an aromatic ring is 1. The maximum Gasteiger partial charge on any atom is 0.363 e. The largest absolute Gasteiger partial charge is 0.381 e. The lowest BCUT2D eigenvalue weighted by atomic mass is 10.2. The van der Waals surface area contributed by atoms with Gasteiger partial charge in [-0.25, -0.2) is 35.2 Å². The minimum atomic E-state index is -4.30. The van der Waals surface area contributed by atoms with Crippen molar-refractivity contribution in [2.24, 2.45) is 0 Å². The Balaban J connectivity index is 0.000000317. The van der Waals surface area contributed by atoms with Crippen molar-refractivity contribution in [1.82, 2.24) is 22.8 Å². The van der Waals surface area contributed by atoms with E-state index >= 15 is 0 Å². The number of anilines is 2. The van der Waals surface area contributed by atoms with Crippen LogP contribution in [0, 0.1) is 11.6 Å². The van der Waals surface area contributed by atoms with Gasteiger partial charge in [-0.2, -0.15) is 17.9 Å². The van der Waals surface area contributed by atoms with E-state index in [1.54, 1.807) is 54.6 Å². The number of nitrogens with zero attached hydrogens (tertiary/aromatic N) is 5. The summed E-state index contributed by atoms with van der Waals surface area (Å²) in [5.41, 5.74) is 3.46. The monoisotopic (exact) mass is 967 g/mol. The Morgan fingerprint density at radius 2 is 0.984 bits per heavy atom. The Morgan fingerprint density at radius 3 is 1.33 bits per heavy atom. The van der Waals surface area contributed by atoms with Crippen molar-refractivity contribution in [1.29, 1.82) is 0 Å². The number of hydrogen-bond acceptors (Lipinski definition) is 12. The van der Waals surface area contributed by atoms with Crippen LogP contribution in [0.5, 0.6) is 0 Å². The standard InChI is InChI=1S/C17H12FN3O4S.C10H8FN3O3S.C7H5ClO.C6H15N.CH2Cl2/c18-14-11-21(26(24,25)13-9-5-2-6-10-13)17(23)20-15(14)19-16(22)12-7-3-1-4-8-12;11-8-6-14(10(15)13-9(8)12)18(16,17)7-4-2-1-3-5-7;8-7(9)6-4-2-1-3-5-6;1-4-7(5-2)6-3;2-1-3/h1-11H,(H,19,20,22,23);1-6H,(H2,12,13,15);1-5H;4-6H2,1-3H3;1H2. The van der Waals surface area contributed by atoms with E-state index in [9.17, 15) is 44.8 Å². The van der Waals surface area contributed by atoms with Crippen LogP contribution in [0.3, 0.4) is 0 Å². The van der Waals surface area contributed by atoms with Crippen molar-refractivity contribution in [3.05, 3.63) is 177 Å². The average Bonchev–Trinajstić information content (AvgIpc) is 3.28. The molecule has 0 aliphatic carbocycles. The topological polar surface area (TPSA) is 213 Å². The van der Waals surface area contributed by atoms with Crippen molar-refractivity contribution in [2.45, 2.75) is 30.6 Å². The predicted molar refractivity (Wildman–Crippen MR) is 240 cm³/mol. The summed E-state index contributed by atoms with van der Waals surface area (Å²) in [5, 5.41) is 1.94. The van der Waals surface area contributed by atoms with E-state index in [2.05, 4.69) is 41.0 Å². The first kappa shape index (κ1) is 53.3. The molecule has 2 heterocycles. The number of carbonyl (C=O) groups is 2. The molecule has 0 radical (unpaired) electrons. The molecule has 22 heteroatoms. The van der Waals surface area contributed by atoms with Crippen molar-refractivity contribution < 1.29 is 35.2 Å². The molecule has 1 amide bonds. The van der Waals surface area contributed by atoms with Gasteiger partial charge in [0.05, 0.1) is 27.5 Å². The van der Waals surface area contributed by atoms with Gasteiger partial charge in [0.2, 0.25) is 0 Å². The van der Waals surface area contributed by atoms with Gasteiger partial charge in [-0.1, -0.05) is 106 Å². The lowest BCUT2D eigenvalue weighted by Crippen LogP contribution is -2.31. The highest BCUT2D eigenvalue weighted by atomic mass is 35.5. The first-order valence-corrected chi connectivity index (χ1v) is 22.6. The molecule has 0 saturated heterocycles. The molecule has 0 unspecified atom stereocenters. The Kier molecular flexibility index (Phi) is 22.5. The second-order valence-electron chi connectivity index (χ2n) is 11.9. The highest BCUT2D eigenvalue weighted by molar-refractivity contribution is 7.90. The van der Waals surface area contributed by atoms with Gasteiger partial charge < -0.3 is 16.0 Å². The number of carbonyl (C=O) groups excluding carboxylic acids is 2. The van der Waals surface area contributed by atoms with Crippen LogP contribution in [-0.2, 0) is 20.0 Å². The number of amides is 1. The summed E-state index contributed by atoms with van der Waals surface area (Å²) < 4.78 is 76.8. The number of aromatic nitrogens is 4. The summed E-state index contributed by atoms with van der Waals surface area (Å²) in [6.07, 6.45) is 0.991. The van der Waals surface area contributed by atoms with Crippen LogP contribution in [-0.4, -0.2) is 75.8 Å². The minimum absolute atomic E-state index is 0.141. The van der Waals surface area contributed by atoms with Gasteiger partial charge in [-0.3, -0.25) is 9.59 Å². The van der Waals surface area contributed by atoms with E-state index in [1.807, 2.05) is 6.07 Å². The molecular weight excluding hydrogens is 927 g/mol. The molecular formula is C41H42Cl3F2N7O8S2. The maximum absolute atomic E-state index is 14.3. The third-order valence-electron chi connectivity index (χ3n) is 7.94. The molecule has 0 aliphatic heterocycles. The number of rotatable bonds is 10. The molecule has 0 atom stereocenters. The number of nitrogens with one attached hydrogen (secondary N) is 1. The van der Waals surface area contributed by atoms with Crippen molar-refractivity contribution in [3.63, 3.8) is 0 Å². The summed E-state index contributed by atoms with van der Waals surface area (Å²) in [6.45, 7) is 10.1. The summed E-state index contributed by atoms with van der Waals surface area (Å²) in [4.78, 5) is 54.5. The normalized spacial score (nSPS) is 10.6. The Morgan fingerprint density at radius 1 is 0.635 bits per heavy atom. The summed E-state index contributed by atoms with van der Waals surface area (Å²) in [5.74, 6) is -4.20. The average molecular weight is 969 g/mol. The predicted octanol–water partition coefficient (Wildman–Crippen LogP) is 6.91. The van der Waals surface area contributed by atoms with Gasteiger partial charge in [0.15, 0.2) is 23.3 Å². The van der Waals surface area contributed by atoms with Crippen LogP contribution in [0.25, 0.3) is 0 Å². The van der Waals surface area contributed by atoms with Gasteiger partial charge in [0, 0.05) is 11.1 Å². The molecule has 336 valence electrons. The number of benzene rings is 4. The first-order chi connectivity index (χ1) is 29.9. The minimum Gasteiger partial charge on any atom is -0.381 e. The number of nitrogens with two attached hydrogens (primary N) is 1. The fourth-order valence-corrected chi connectivity index (χ4v) is 7.24. The van der Waals surface area contributed by atoms with Gasteiger partial charge in [0.25, 0.3) is 31.2 Å². The molecule has 6 rings (SSSR count). The van der Waals surface area contributed by atoms with Gasteiger partial charge in [0.1, 0.15) is 0 Å². The number of alkyl halides is 2. The van der Waals surface area contributed by atoms with Crippen LogP contribution < -0.4 is 22.4 Å². The Labute approximate surface area is 377 Å². The quantitative estimate of drug-likeness (QED) is 0.106. The molecule has 15 nitrogen and oxygen atoms in total. The van der Waals surface area contributed by atoms with E-state index in [1.165, 1.54) is 80.3 Å². The SMILES string of the molecule is CCN(CC)CC.ClCCl.Nc1nc(=O)n(S(=O)(=O)c2ccccc2)cc1F.O=C(Cl)c1ccccc1.O=C(Nc1nc(=O)n(S(=O)(=O)c2ccccc2)cc1F)c1ccccc1. The molecule has 0 aliphatic rings. The lowest BCUT2D eigenvalue weighted by molar-refractivity contribution is 0.102. The van der Waals surface area contributed by atoms with E-state index in [0.29, 0.717) is 18.0 Å². The smallest absolute Gasteiger partial charge is 0.363 e. The Hall–Kier alpha value is -5.83. The van der Waals surface area contributed by atoms with Crippen LogP contribution in [0.2, 0.25) is 0 Å². The highest BCUT2D eigenvalue weighted by Gasteiger charge is 2.23. The fraction of sp³-hybridized carbons (Fsp3) is 0.171. The molecule has 3 N–H and O–H groups in total. The third kappa shape index (κ3) is 16.4. The second kappa shape index (κ2) is 26.6. The molecule has 63 heavy (non-hydrogen) atoms. The zero-order valence-corrected chi connectivity index (χ0v) is 37.7. The maximum atomic E-state index is 14.3. The molecule has 0 fully saturated rings. The second-order valence-corrected chi connectivity index (χ2v) is 16.7. The van der Waals surface area contributed by atoms with Crippen molar-refractivity contribution in [2.75, 3.05) is 36.0 Å². The summed E-state index contributed by atoms with van der Waals surface area (Å²) in [6, 6.07) is 30.9. The molecule has 2 aromatic heterocycles. The van der Waals surface area contributed by atoms with Crippen LogP contribution in [0.1, 0.15) is 41.5 Å². The van der Waals surface area contributed by atoms with Gasteiger partial charge in [-0.05, 0) is 67.6 Å². The summed E-state index contributed by atoms with van der Waals surface area (Å²) in [7, 11) is -8.46. The summed E-state index contributed by atoms with van der Waals surface area (Å²) >= 11 is 14.7. The molecule has 0 saturated carbocycles. The van der Waals surface area contributed by atoms with E-state index in [-0.39, 0.29) is 28.6 Å². The fourth-order valence-electron chi connectivity index (χ4n) is 4.70. The van der Waals surface area contributed by atoms with Crippen molar-refractivity contribution in [3.8, 4) is 0 Å². The van der Waals surface area contributed by atoms with Crippen molar-refractivity contribution >= 4 is 77.6 Å². The molecule has 0 bridgehead atoms. The van der Waals surface area contributed by atoms with Gasteiger partial charge in [-0.15, -0.1) is 23.2 Å². The third-order valence-corrected chi connectivity index (χ3v) is 11.5. The zero-order valence-electron chi connectivity index (χ0n) is 33.8. The van der Waals surface area contributed by atoms with Gasteiger partial charge >= 0.3 is 11.4 Å². The van der Waals surface area contributed by atoms with E-state index < -0.39 is 65.8 Å². The van der Waals surface area contributed by atoms with Crippen LogP contribution in [0.4, 0.5) is 20.4 Å². The molecule has 0 spiro atoms. The number of hydrogen-bond donors (Lipinski definition) is 2. The molecule has 6 aromatic rings. The molecule has 4 aromatic carbocycles. The van der Waals surface area contributed by atoms with E-state index in [0.717, 1.165) is 0 Å². The highest BCUT2D eigenvalue weighted by Crippen LogP contribution is 2.15. The lowest BCUT2D eigenvalue weighted by Gasteiger charge is -2.13. The number of halogens is 5. The first-order valence-electron chi connectivity index (χ1n) is 18.3.